The number of rotatable bonds is 5. The van der Waals surface area contributed by atoms with E-state index in [-0.39, 0.29) is 31.5 Å². The van der Waals surface area contributed by atoms with Crippen LogP contribution in [0.3, 0.4) is 0 Å². The van der Waals surface area contributed by atoms with Crippen LogP contribution >= 0.6 is 0 Å². The summed E-state index contributed by atoms with van der Waals surface area (Å²) in [4.78, 5) is 50.2. The largest absolute Gasteiger partial charge is 0.491 e. The average Bonchev–Trinajstić information content (AvgIpc) is 2.87. The smallest absolute Gasteiger partial charge is 0.326 e. The lowest BCUT2D eigenvalue weighted by Crippen LogP contribution is -2.48. The van der Waals surface area contributed by atoms with Crippen molar-refractivity contribution >= 4 is 29.5 Å². The topological polar surface area (TPSA) is 114 Å². The van der Waals surface area contributed by atoms with Gasteiger partial charge in [0.1, 0.15) is 12.3 Å². The zero-order valence-corrected chi connectivity index (χ0v) is 17.0. The second kappa shape index (κ2) is 10.1. The maximum absolute atomic E-state index is 12.4. The molecule has 1 saturated carbocycles. The number of hydrogen-bond acceptors (Lipinski definition) is 6. The van der Waals surface area contributed by atoms with Gasteiger partial charge in [-0.2, -0.15) is 0 Å². The molecule has 0 radical (unpaired) electrons. The number of amides is 4. The molecule has 1 aliphatic carbocycles. The number of nitrogens with zero attached hydrogens (tertiary/aromatic N) is 1. The highest BCUT2D eigenvalue weighted by atomic mass is 16.5. The first-order valence-corrected chi connectivity index (χ1v) is 10.3. The number of ether oxygens (including phenoxy) is 2. The average molecular weight is 417 g/mol. The molecule has 3 rings (SSSR count). The van der Waals surface area contributed by atoms with Crippen molar-refractivity contribution in [2.75, 3.05) is 18.1 Å². The molecule has 0 unspecified atom stereocenters. The van der Waals surface area contributed by atoms with Crippen molar-refractivity contribution in [3.05, 3.63) is 24.3 Å². The summed E-state index contributed by atoms with van der Waals surface area (Å²) in [5, 5.41) is 4.97. The van der Waals surface area contributed by atoms with E-state index in [0.717, 1.165) is 32.1 Å². The Hall–Kier alpha value is -3.10. The zero-order valence-electron chi connectivity index (χ0n) is 17.0. The van der Waals surface area contributed by atoms with Gasteiger partial charge in [0.2, 0.25) is 5.91 Å². The summed E-state index contributed by atoms with van der Waals surface area (Å²) in [5.41, 5.74) is 0.473. The third-order valence-electron chi connectivity index (χ3n) is 5.17. The molecule has 0 spiro atoms. The molecule has 1 aromatic carbocycles. The van der Waals surface area contributed by atoms with Crippen LogP contribution in [0.25, 0.3) is 0 Å². The molecule has 1 atom stereocenters. The van der Waals surface area contributed by atoms with E-state index in [0.29, 0.717) is 11.4 Å². The fraction of sp³-hybridized carbons (Fsp3) is 0.524. The van der Waals surface area contributed by atoms with Crippen LogP contribution in [-0.2, 0) is 19.1 Å². The van der Waals surface area contributed by atoms with Gasteiger partial charge in [-0.15, -0.1) is 0 Å². The van der Waals surface area contributed by atoms with E-state index in [1.54, 1.807) is 24.3 Å². The first-order valence-electron chi connectivity index (χ1n) is 10.3. The maximum atomic E-state index is 12.4. The lowest BCUT2D eigenvalue weighted by molar-refractivity contribution is -0.153. The van der Waals surface area contributed by atoms with E-state index in [4.69, 9.17) is 9.47 Å². The monoisotopic (exact) mass is 417 g/mol. The Morgan fingerprint density at radius 1 is 1.20 bits per heavy atom. The van der Waals surface area contributed by atoms with Gasteiger partial charge >= 0.3 is 12.0 Å². The van der Waals surface area contributed by atoms with Gasteiger partial charge in [-0.25, -0.2) is 4.79 Å². The SMILES string of the molecule is C[C@@H](OC(=O)CN1C(=O)CCOc2ccccc21)C(=O)NC(=O)NC1CCCCC1. The molecule has 1 heterocycles. The first-order chi connectivity index (χ1) is 14.4. The Kier molecular flexibility index (Phi) is 7.26. The zero-order chi connectivity index (χ0) is 21.5. The molecule has 9 heteroatoms. The number of hydrogen-bond donors (Lipinski definition) is 2. The Morgan fingerprint density at radius 2 is 1.93 bits per heavy atom. The van der Waals surface area contributed by atoms with Gasteiger partial charge in [0.05, 0.1) is 18.7 Å². The number of fused-ring (bicyclic) bond motifs is 1. The molecule has 30 heavy (non-hydrogen) atoms. The first kappa shape index (κ1) is 21.6. The van der Waals surface area contributed by atoms with Crippen LogP contribution in [-0.4, -0.2) is 49.1 Å². The predicted octanol–water partition coefficient (Wildman–Crippen LogP) is 1.89. The molecule has 1 fully saturated rings. The molecule has 1 aromatic rings. The third kappa shape index (κ3) is 5.71. The van der Waals surface area contributed by atoms with Crippen molar-refractivity contribution in [3.63, 3.8) is 0 Å². The van der Waals surface area contributed by atoms with Crippen LogP contribution < -0.4 is 20.3 Å². The highest BCUT2D eigenvalue weighted by Gasteiger charge is 2.28. The molecule has 162 valence electrons. The van der Waals surface area contributed by atoms with E-state index >= 15 is 0 Å². The Balaban J connectivity index is 1.51. The Labute approximate surface area is 175 Å². The van der Waals surface area contributed by atoms with Gasteiger partial charge in [0.15, 0.2) is 6.10 Å². The van der Waals surface area contributed by atoms with Crippen molar-refractivity contribution in [2.45, 2.75) is 57.6 Å². The second-order valence-corrected chi connectivity index (χ2v) is 7.48. The third-order valence-corrected chi connectivity index (χ3v) is 5.17. The molecular formula is C21H27N3O6. The Morgan fingerprint density at radius 3 is 2.70 bits per heavy atom. The van der Waals surface area contributed by atoms with Crippen molar-refractivity contribution in [3.8, 4) is 5.75 Å². The van der Waals surface area contributed by atoms with Crippen molar-refractivity contribution in [2.24, 2.45) is 0 Å². The van der Waals surface area contributed by atoms with Crippen LogP contribution in [0.5, 0.6) is 5.75 Å². The molecule has 2 N–H and O–H groups in total. The maximum Gasteiger partial charge on any atom is 0.326 e. The molecule has 1 aliphatic heterocycles. The highest BCUT2D eigenvalue weighted by molar-refractivity contribution is 6.00. The normalized spacial score (nSPS) is 17.8. The summed E-state index contributed by atoms with van der Waals surface area (Å²) in [5.74, 6) is -1.25. The van der Waals surface area contributed by atoms with Crippen molar-refractivity contribution < 1.29 is 28.7 Å². The fourth-order valence-corrected chi connectivity index (χ4v) is 3.59. The van der Waals surface area contributed by atoms with Crippen molar-refractivity contribution in [1.29, 1.82) is 0 Å². The summed E-state index contributed by atoms with van der Waals surface area (Å²) in [6.45, 7) is 1.24. The minimum absolute atomic E-state index is 0.0562. The number of benzene rings is 1. The number of urea groups is 1. The van der Waals surface area contributed by atoms with Gasteiger partial charge in [-0.1, -0.05) is 31.4 Å². The summed E-state index contributed by atoms with van der Waals surface area (Å²) < 4.78 is 10.7. The van der Waals surface area contributed by atoms with Gasteiger partial charge < -0.3 is 14.8 Å². The number of esters is 1. The molecule has 2 aliphatic rings. The van der Waals surface area contributed by atoms with Gasteiger partial charge in [-0.3, -0.25) is 24.6 Å². The quantitative estimate of drug-likeness (QED) is 0.708. The minimum Gasteiger partial charge on any atom is -0.491 e. The lowest BCUT2D eigenvalue weighted by atomic mass is 9.96. The standard InChI is InChI=1S/C21H27N3O6/c1-14(20(27)23-21(28)22-15-7-3-2-4-8-15)30-19(26)13-24-16-9-5-6-10-17(16)29-12-11-18(24)25/h5-6,9-10,14-15H,2-4,7-8,11-13H2,1H3,(H2,22,23,27,28)/t14-/m1/s1. The van der Waals surface area contributed by atoms with Crippen LogP contribution in [0.15, 0.2) is 24.3 Å². The van der Waals surface area contributed by atoms with Gasteiger partial charge in [0.25, 0.3) is 5.91 Å². The van der Waals surface area contributed by atoms with E-state index in [2.05, 4.69) is 10.6 Å². The van der Waals surface area contributed by atoms with Gasteiger partial charge in [-0.05, 0) is 31.9 Å². The van der Waals surface area contributed by atoms with Crippen LogP contribution in [0.1, 0.15) is 45.4 Å². The van der Waals surface area contributed by atoms with Crippen molar-refractivity contribution in [1.82, 2.24) is 10.6 Å². The van der Waals surface area contributed by atoms with Crippen LogP contribution in [0, 0.1) is 0 Å². The molecule has 0 aromatic heterocycles. The number of carbonyl (C=O) groups is 4. The molecule has 0 bridgehead atoms. The summed E-state index contributed by atoms with van der Waals surface area (Å²) in [7, 11) is 0. The summed E-state index contributed by atoms with van der Waals surface area (Å²) in [6, 6.07) is 6.37. The van der Waals surface area contributed by atoms with E-state index in [9.17, 15) is 19.2 Å². The minimum atomic E-state index is -1.18. The predicted molar refractivity (Wildman–Crippen MR) is 108 cm³/mol. The van der Waals surface area contributed by atoms with E-state index in [1.807, 2.05) is 0 Å². The Bertz CT molecular complexity index is 806. The molecule has 0 saturated heterocycles. The number of carbonyl (C=O) groups excluding carboxylic acids is 4. The number of anilines is 1. The van der Waals surface area contributed by atoms with Crippen LogP contribution in [0.2, 0.25) is 0 Å². The number of imide groups is 1. The fourth-order valence-electron chi connectivity index (χ4n) is 3.59. The van der Waals surface area contributed by atoms with Crippen LogP contribution in [0.4, 0.5) is 10.5 Å². The second-order valence-electron chi connectivity index (χ2n) is 7.48. The van der Waals surface area contributed by atoms with Gasteiger partial charge in [0, 0.05) is 6.04 Å². The lowest BCUT2D eigenvalue weighted by Gasteiger charge is -2.23. The molecule has 4 amide bonds. The summed E-state index contributed by atoms with van der Waals surface area (Å²) >= 11 is 0. The summed E-state index contributed by atoms with van der Waals surface area (Å²) in [6.07, 6.45) is 3.99. The molecule has 9 nitrogen and oxygen atoms in total. The van der Waals surface area contributed by atoms with E-state index in [1.165, 1.54) is 11.8 Å². The molecular weight excluding hydrogens is 390 g/mol. The number of para-hydroxylation sites is 2. The van der Waals surface area contributed by atoms with E-state index < -0.39 is 24.0 Å². The number of nitrogens with one attached hydrogen (secondary N) is 2. The highest BCUT2D eigenvalue weighted by Crippen LogP contribution is 2.30.